The molecule has 0 atom stereocenters. The molecule has 0 saturated carbocycles. The Bertz CT molecular complexity index is 842. The number of aromatic hydroxyl groups is 2. The summed E-state index contributed by atoms with van der Waals surface area (Å²) in [5.74, 6) is -1.06. The van der Waals surface area contributed by atoms with Gasteiger partial charge in [0.05, 0.1) is 25.5 Å². The zero-order valence-electron chi connectivity index (χ0n) is 13.7. The molecule has 2 rings (SSSR count). The second-order valence-electron chi connectivity index (χ2n) is 4.87. The molecule has 0 spiro atoms. The van der Waals surface area contributed by atoms with Crippen LogP contribution >= 0.6 is 0 Å². The van der Waals surface area contributed by atoms with Crippen molar-refractivity contribution in [1.29, 1.82) is 0 Å². The van der Waals surface area contributed by atoms with Crippen molar-refractivity contribution in [2.45, 2.75) is 6.92 Å². The number of rotatable bonds is 6. The SMILES string of the molecule is CCS(=O)(=O)N(C)c1oc(-c2ccc(OC)cc2OC)c(O)c1O. The van der Waals surface area contributed by atoms with Crippen molar-refractivity contribution in [1.82, 2.24) is 0 Å². The van der Waals surface area contributed by atoms with Crippen LogP contribution in [0.5, 0.6) is 23.0 Å². The van der Waals surface area contributed by atoms with Crippen LogP contribution in [-0.2, 0) is 10.0 Å². The van der Waals surface area contributed by atoms with E-state index in [1.807, 2.05) is 0 Å². The molecule has 0 bridgehead atoms. The number of hydrogen-bond acceptors (Lipinski definition) is 7. The van der Waals surface area contributed by atoms with Crippen molar-refractivity contribution >= 4 is 15.9 Å². The lowest BCUT2D eigenvalue weighted by Gasteiger charge is -2.15. The van der Waals surface area contributed by atoms with Gasteiger partial charge in [-0.1, -0.05) is 0 Å². The van der Waals surface area contributed by atoms with Gasteiger partial charge in [0, 0.05) is 13.1 Å². The summed E-state index contributed by atoms with van der Waals surface area (Å²) in [6.07, 6.45) is 0. The van der Waals surface area contributed by atoms with Crippen LogP contribution in [0.3, 0.4) is 0 Å². The van der Waals surface area contributed by atoms with Gasteiger partial charge in [-0.25, -0.2) is 12.7 Å². The maximum atomic E-state index is 11.9. The van der Waals surface area contributed by atoms with Crippen molar-refractivity contribution in [3.05, 3.63) is 18.2 Å². The third kappa shape index (κ3) is 2.94. The van der Waals surface area contributed by atoms with Crippen LogP contribution in [0.1, 0.15) is 6.92 Å². The number of anilines is 1. The zero-order chi connectivity index (χ0) is 18.1. The fourth-order valence-electron chi connectivity index (χ4n) is 2.10. The van der Waals surface area contributed by atoms with Crippen LogP contribution in [0, 0.1) is 0 Å². The van der Waals surface area contributed by atoms with Gasteiger partial charge in [-0.2, -0.15) is 0 Å². The van der Waals surface area contributed by atoms with Crippen molar-refractivity contribution in [3.63, 3.8) is 0 Å². The molecule has 8 nitrogen and oxygen atoms in total. The summed E-state index contributed by atoms with van der Waals surface area (Å²) in [6, 6.07) is 4.75. The third-order valence-electron chi connectivity index (χ3n) is 3.56. The normalized spacial score (nSPS) is 11.3. The van der Waals surface area contributed by atoms with E-state index in [-0.39, 0.29) is 17.4 Å². The van der Waals surface area contributed by atoms with E-state index in [1.54, 1.807) is 18.2 Å². The molecule has 1 heterocycles. The molecular formula is C15H19NO7S. The molecule has 1 aromatic carbocycles. The summed E-state index contributed by atoms with van der Waals surface area (Å²) in [5.41, 5.74) is 0.333. The second-order valence-corrected chi connectivity index (χ2v) is 7.16. The van der Waals surface area contributed by atoms with E-state index in [0.717, 1.165) is 4.31 Å². The molecule has 132 valence electrons. The first-order chi connectivity index (χ1) is 11.3. The molecule has 1 aromatic heterocycles. The highest BCUT2D eigenvalue weighted by Gasteiger charge is 2.29. The molecule has 0 saturated heterocycles. The number of sulfonamides is 1. The highest BCUT2D eigenvalue weighted by molar-refractivity contribution is 7.92. The van der Waals surface area contributed by atoms with Crippen molar-refractivity contribution < 1.29 is 32.5 Å². The minimum atomic E-state index is -3.67. The zero-order valence-corrected chi connectivity index (χ0v) is 14.5. The Morgan fingerprint density at radius 3 is 2.38 bits per heavy atom. The summed E-state index contributed by atoms with van der Waals surface area (Å²) < 4.78 is 40.4. The number of hydrogen-bond donors (Lipinski definition) is 2. The largest absolute Gasteiger partial charge is 0.502 e. The molecule has 0 aliphatic carbocycles. The topological polar surface area (TPSA) is 109 Å². The van der Waals surface area contributed by atoms with Crippen LogP contribution in [0.25, 0.3) is 11.3 Å². The smallest absolute Gasteiger partial charge is 0.256 e. The molecule has 2 N–H and O–H groups in total. The van der Waals surface area contributed by atoms with Gasteiger partial charge in [0.1, 0.15) is 11.5 Å². The van der Waals surface area contributed by atoms with E-state index in [1.165, 1.54) is 28.2 Å². The van der Waals surface area contributed by atoms with Gasteiger partial charge in [0.2, 0.25) is 21.5 Å². The second kappa shape index (κ2) is 6.52. The van der Waals surface area contributed by atoms with E-state index >= 15 is 0 Å². The van der Waals surface area contributed by atoms with E-state index < -0.39 is 21.5 Å². The van der Waals surface area contributed by atoms with E-state index in [0.29, 0.717) is 17.1 Å². The number of methoxy groups -OCH3 is 2. The molecule has 0 aliphatic rings. The first-order valence-corrected chi connectivity index (χ1v) is 8.61. The highest BCUT2D eigenvalue weighted by Crippen LogP contribution is 2.49. The summed E-state index contributed by atoms with van der Waals surface area (Å²) in [6.45, 7) is 1.46. The monoisotopic (exact) mass is 357 g/mol. The van der Waals surface area contributed by atoms with Crippen LogP contribution in [0.2, 0.25) is 0 Å². The summed E-state index contributed by atoms with van der Waals surface area (Å²) in [7, 11) is 0.476. The predicted molar refractivity (Wildman–Crippen MR) is 88.4 cm³/mol. The minimum Gasteiger partial charge on any atom is -0.502 e. The van der Waals surface area contributed by atoms with Gasteiger partial charge < -0.3 is 24.1 Å². The third-order valence-corrected chi connectivity index (χ3v) is 5.29. The molecule has 0 fully saturated rings. The number of ether oxygens (including phenoxy) is 2. The standard InChI is InChI=1S/C15H19NO7S/c1-5-24(19,20)16(2)15-13(18)12(17)14(23-15)10-7-6-9(21-3)8-11(10)22-4/h6-8,17-18H,5H2,1-4H3. The van der Waals surface area contributed by atoms with E-state index in [2.05, 4.69) is 0 Å². The van der Waals surface area contributed by atoms with Crippen LogP contribution < -0.4 is 13.8 Å². The van der Waals surface area contributed by atoms with Crippen LogP contribution in [0.15, 0.2) is 22.6 Å². The van der Waals surface area contributed by atoms with Gasteiger partial charge in [-0.05, 0) is 19.1 Å². The first kappa shape index (κ1) is 17.8. The molecular weight excluding hydrogens is 338 g/mol. The average Bonchev–Trinajstić information content (AvgIpc) is 2.88. The molecule has 0 aliphatic heterocycles. The lowest BCUT2D eigenvalue weighted by Crippen LogP contribution is -2.27. The number of furan rings is 1. The Morgan fingerprint density at radius 2 is 1.83 bits per heavy atom. The van der Waals surface area contributed by atoms with Crippen molar-refractivity contribution in [2.24, 2.45) is 0 Å². The van der Waals surface area contributed by atoms with Crippen LogP contribution in [0.4, 0.5) is 5.88 Å². The lowest BCUT2D eigenvalue weighted by atomic mass is 10.1. The van der Waals surface area contributed by atoms with E-state index in [9.17, 15) is 18.6 Å². The molecule has 0 unspecified atom stereocenters. The fourth-order valence-corrected chi connectivity index (χ4v) is 2.87. The Morgan fingerprint density at radius 1 is 1.17 bits per heavy atom. The van der Waals surface area contributed by atoms with Gasteiger partial charge in [-0.3, -0.25) is 0 Å². The highest BCUT2D eigenvalue weighted by atomic mass is 32.2. The summed E-state index contributed by atoms with van der Waals surface area (Å²) >= 11 is 0. The summed E-state index contributed by atoms with van der Waals surface area (Å²) in [5, 5.41) is 20.2. The van der Waals surface area contributed by atoms with Gasteiger partial charge in [0.25, 0.3) is 5.88 Å². The van der Waals surface area contributed by atoms with Crippen LogP contribution in [-0.4, -0.2) is 45.7 Å². The minimum absolute atomic E-state index is 0.111. The molecule has 0 radical (unpaired) electrons. The Balaban J connectivity index is 2.60. The van der Waals surface area contributed by atoms with Gasteiger partial charge >= 0.3 is 0 Å². The Labute approximate surface area is 139 Å². The predicted octanol–water partition coefficient (Wildman–Crippen LogP) is 2.16. The summed E-state index contributed by atoms with van der Waals surface area (Å²) in [4.78, 5) is 0. The number of benzene rings is 1. The van der Waals surface area contributed by atoms with Gasteiger partial charge in [0.15, 0.2) is 5.76 Å². The van der Waals surface area contributed by atoms with Crippen molar-refractivity contribution in [3.8, 4) is 34.3 Å². The maximum absolute atomic E-state index is 11.9. The lowest BCUT2D eigenvalue weighted by molar-refractivity contribution is 0.393. The molecule has 9 heteroatoms. The molecule has 24 heavy (non-hydrogen) atoms. The van der Waals surface area contributed by atoms with Crippen molar-refractivity contribution in [2.75, 3.05) is 31.3 Å². The average molecular weight is 357 g/mol. The molecule has 0 amide bonds. The number of nitrogens with zero attached hydrogens (tertiary/aromatic N) is 1. The Kier molecular flexibility index (Phi) is 4.83. The van der Waals surface area contributed by atoms with Gasteiger partial charge in [-0.15, -0.1) is 0 Å². The maximum Gasteiger partial charge on any atom is 0.256 e. The first-order valence-electron chi connectivity index (χ1n) is 7.00. The Hall–Kier alpha value is -2.55. The molecule has 2 aromatic rings. The fraction of sp³-hybridized carbons (Fsp3) is 0.333. The quantitative estimate of drug-likeness (QED) is 0.815. The van der Waals surface area contributed by atoms with E-state index in [4.69, 9.17) is 13.9 Å².